The highest BCUT2D eigenvalue weighted by Crippen LogP contribution is 2.44. The van der Waals surface area contributed by atoms with E-state index in [1.165, 1.54) is 22.3 Å². The third-order valence-electron chi connectivity index (χ3n) is 3.99. The van der Waals surface area contributed by atoms with Crippen molar-refractivity contribution >= 4 is 5.91 Å². The van der Waals surface area contributed by atoms with Crippen molar-refractivity contribution in [3.63, 3.8) is 0 Å². The van der Waals surface area contributed by atoms with Crippen LogP contribution in [-0.4, -0.2) is 12.5 Å². The Morgan fingerprint density at radius 2 is 1.83 bits per heavy atom. The van der Waals surface area contributed by atoms with Gasteiger partial charge in [0.2, 0.25) is 5.91 Å². The van der Waals surface area contributed by atoms with E-state index in [1.807, 2.05) is 0 Å². The molecule has 3 nitrogen and oxygen atoms in total. The van der Waals surface area contributed by atoms with E-state index in [1.54, 1.807) is 0 Å². The van der Waals surface area contributed by atoms with E-state index in [0.29, 0.717) is 13.1 Å². The molecule has 0 aliphatic heterocycles. The van der Waals surface area contributed by atoms with E-state index in [0.717, 1.165) is 12.8 Å². The highest BCUT2D eigenvalue weighted by Gasteiger charge is 2.48. The lowest BCUT2D eigenvalue weighted by Crippen LogP contribution is -2.36. The van der Waals surface area contributed by atoms with Gasteiger partial charge in [-0.1, -0.05) is 17.7 Å². The molecule has 2 rings (SSSR count). The molecule has 0 atom stereocenters. The Morgan fingerprint density at radius 1 is 1.28 bits per heavy atom. The molecule has 1 fully saturated rings. The van der Waals surface area contributed by atoms with Gasteiger partial charge in [-0.25, -0.2) is 0 Å². The van der Waals surface area contributed by atoms with Crippen LogP contribution in [0.15, 0.2) is 12.1 Å². The summed E-state index contributed by atoms with van der Waals surface area (Å²) in [7, 11) is 0. The van der Waals surface area contributed by atoms with Gasteiger partial charge in [-0.15, -0.1) is 0 Å². The zero-order chi connectivity index (χ0) is 13.3. The monoisotopic (exact) mass is 246 g/mol. The van der Waals surface area contributed by atoms with Gasteiger partial charge < -0.3 is 11.1 Å². The predicted molar refractivity (Wildman–Crippen MR) is 73.2 cm³/mol. The molecule has 0 radical (unpaired) electrons. The molecular formula is C15H22N2O. The lowest BCUT2D eigenvalue weighted by atomic mass is 9.99. The molecule has 1 aromatic carbocycles. The van der Waals surface area contributed by atoms with Crippen molar-refractivity contribution in [2.24, 2.45) is 11.1 Å². The lowest BCUT2D eigenvalue weighted by Gasteiger charge is -2.16. The van der Waals surface area contributed by atoms with Crippen LogP contribution in [0.2, 0.25) is 0 Å². The molecule has 1 aromatic rings. The zero-order valence-corrected chi connectivity index (χ0v) is 11.5. The standard InChI is InChI=1S/C15H22N2O/c1-10-6-11(2)13(12(3)7-10)8-17-14(18)15(9-16)4-5-15/h6-7H,4-5,8-9,16H2,1-3H3,(H,17,18). The Labute approximate surface area is 109 Å². The molecule has 3 N–H and O–H groups in total. The van der Waals surface area contributed by atoms with Crippen molar-refractivity contribution in [1.29, 1.82) is 0 Å². The zero-order valence-electron chi connectivity index (χ0n) is 11.5. The second-order valence-corrected chi connectivity index (χ2v) is 5.54. The minimum absolute atomic E-state index is 0.115. The normalized spacial score (nSPS) is 16.4. The number of benzene rings is 1. The summed E-state index contributed by atoms with van der Waals surface area (Å²) in [6.07, 6.45) is 1.86. The Bertz CT molecular complexity index is 452. The first-order chi connectivity index (χ1) is 8.48. The van der Waals surface area contributed by atoms with Gasteiger partial charge in [-0.2, -0.15) is 0 Å². The summed E-state index contributed by atoms with van der Waals surface area (Å²) in [6.45, 7) is 7.35. The first-order valence-electron chi connectivity index (χ1n) is 6.53. The van der Waals surface area contributed by atoms with Gasteiger partial charge in [0.1, 0.15) is 0 Å². The van der Waals surface area contributed by atoms with Crippen molar-refractivity contribution in [2.75, 3.05) is 6.54 Å². The topological polar surface area (TPSA) is 55.1 Å². The van der Waals surface area contributed by atoms with Crippen LogP contribution >= 0.6 is 0 Å². The van der Waals surface area contributed by atoms with Crippen LogP contribution in [0, 0.1) is 26.2 Å². The third kappa shape index (κ3) is 2.41. The minimum atomic E-state index is -0.257. The Balaban J connectivity index is 2.05. The summed E-state index contributed by atoms with van der Waals surface area (Å²) >= 11 is 0. The average Bonchev–Trinajstić information content (AvgIpc) is 3.08. The molecule has 0 heterocycles. The van der Waals surface area contributed by atoms with Gasteiger partial charge >= 0.3 is 0 Å². The van der Waals surface area contributed by atoms with E-state index >= 15 is 0 Å². The van der Waals surface area contributed by atoms with Gasteiger partial charge in [0, 0.05) is 13.1 Å². The van der Waals surface area contributed by atoms with Crippen molar-refractivity contribution in [2.45, 2.75) is 40.2 Å². The maximum atomic E-state index is 12.0. The fourth-order valence-electron chi connectivity index (χ4n) is 2.52. The third-order valence-corrected chi connectivity index (χ3v) is 3.99. The molecule has 0 bridgehead atoms. The Morgan fingerprint density at radius 3 is 2.28 bits per heavy atom. The highest BCUT2D eigenvalue weighted by molar-refractivity contribution is 5.85. The predicted octanol–water partition coefficient (Wildman–Crippen LogP) is 1.97. The van der Waals surface area contributed by atoms with Crippen molar-refractivity contribution in [1.82, 2.24) is 5.32 Å². The summed E-state index contributed by atoms with van der Waals surface area (Å²) in [5.74, 6) is 0.115. The molecule has 0 spiro atoms. The number of hydrogen-bond donors (Lipinski definition) is 2. The molecule has 0 saturated heterocycles. The van der Waals surface area contributed by atoms with Crippen LogP contribution in [0.25, 0.3) is 0 Å². The maximum Gasteiger partial charge on any atom is 0.227 e. The molecule has 98 valence electrons. The van der Waals surface area contributed by atoms with Crippen molar-refractivity contribution in [3.8, 4) is 0 Å². The second kappa shape index (κ2) is 4.73. The number of nitrogens with two attached hydrogens (primary N) is 1. The number of amides is 1. The SMILES string of the molecule is Cc1cc(C)c(CNC(=O)C2(CN)CC2)c(C)c1. The second-order valence-electron chi connectivity index (χ2n) is 5.54. The number of hydrogen-bond acceptors (Lipinski definition) is 2. The van der Waals surface area contributed by atoms with Gasteiger partial charge in [-0.3, -0.25) is 4.79 Å². The van der Waals surface area contributed by atoms with Crippen LogP contribution in [-0.2, 0) is 11.3 Å². The molecule has 1 aliphatic carbocycles. The van der Waals surface area contributed by atoms with Crippen LogP contribution in [0.5, 0.6) is 0 Å². The molecular weight excluding hydrogens is 224 g/mol. The molecule has 1 amide bonds. The molecule has 1 aliphatic rings. The van der Waals surface area contributed by atoms with E-state index in [9.17, 15) is 4.79 Å². The van der Waals surface area contributed by atoms with Crippen LogP contribution in [0.1, 0.15) is 35.1 Å². The van der Waals surface area contributed by atoms with Gasteiger partial charge in [0.05, 0.1) is 5.41 Å². The maximum absolute atomic E-state index is 12.0. The smallest absolute Gasteiger partial charge is 0.227 e. The molecule has 0 aromatic heterocycles. The molecule has 1 saturated carbocycles. The van der Waals surface area contributed by atoms with E-state index < -0.39 is 0 Å². The fourth-order valence-corrected chi connectivity index (χ4v) is 2.52. The first-order valence-corrected chi connectivity index (χ1v) is 6.53. The quantitative estimate of drug-likeness (QED) is 0.853. The molecule has 3 heteroatoms. The summed E-state index contributed by atoms with van der Waals surface area (Å²) in [6, 6.07) is 4.31. The first kappa shape index (κ1) is 13.1. The summed E-state index contributed by atoms with van der Waals surface area (Å²) in [5, 5.41) is 3.03. The van der Waals surface area contributed by atoms with Gasteiger partial charge in [-0.05, 0) is 50.3 Å². The summed E-state index contributed by atoms with van der Waals surface area (Å²) in [4.78, 5) is 12.0. The summed E-state index contributed by atoms with van der Waals surface area (Å²) in [5.41, 5.74) is 10.4. The van der Waals surface area contributed by atoms with Gasteiger partial charge in [0.15, 0.2) is 0 Å². The Kier molecular flexibility index (Phi) is 3.44. The Hall–Kier alpha value is -1.35. The molecule has 0 unspecified atom stereocenters. The number of carbonyl (C=O) groups is 1. The van der Waals surface area contributed by atoms with Crippen LogP contribution in [0.4, 0.5) is 0 Å². The largest absolute Gasteiger partial charge is 0.351 e. The number of aryl methyl sites for hydroxylation is 3. The number of carbonyl (C=O) groups excluding carboxylic acids is 1. The summed E-state index contributed by atoms with van der Waals surface area (Å²) < 4.78 is 0. The van der Waals surface area contributed by atoms with Crippen LogP contribution in [0.3, 0.4) is 0 Å². The van der Waals surface area contributed by atoms with E-state index in [2.05, 4.69) is 38.2 Å². The number of rotatable bonds is 4. The lowest BCUT2D eigenvalue weighted by molar-refractivity contribution is -0.126. The van der Waals surface area contributed by atoms with E-state index in [4.69, 9.17) is 5.73 Å². The van der Waals surface area contributed by atoms with Crippen molar-refractivity contribution < 1.29 is 4.79 Å². The average molecular weight is 246 g/mol. The molecule has 18 heavy (non-hydrogen) atoms. The van der Waals surface area contributed by atoms with Gasteiger partial charge in [0.25, 0.3) is 0 Å². The van der Waals surface area contributed by atoms with E-state index in [-0.39, 0.29) is 11.3 Å². The minimum Gasteiger partial charge on any atom is -0.351 e. The highest BCUT2D eigenvalue weighted by atomic mass is 16.2. The van der Waals surface area contributed by atoms with Crippen molar-refractivity contribution in [3.05, 3.63) is 34.4 Å². The number of nitrogens with one attached hydrogen (secondary N) is 1. The van der Waals surface area contributed by atoms with Crippen LogP contribution < -0.4 is 11.1 Å². The fraction of sp³-hybridized carbons (Fsp3) is 0.533.